The molecule has 0 aliphatic carbocycles. The summed E-state index contributed by atoms with van der Waals surface area (Å²) in [5.74, 6) is -0.867. The molecule has 1 aliphatic heterocycles. The van der Waals surface area contributed by atoms with Crippen LogP contribution in [0.2, 0.25) is 0 Å². The summed E-state index contributed by atoms with van der Waals surface area (Å²) in [4.78, 5) is 28.6. The van der Waals surface area contributed by atoms with Crippen molar-refractivity contribution < 1.29 is 14.8 Å². The fraction of sp³-hybridized carbons (Fsp3) is 0.231. The number of aromatic nitrogens is 1. The number of nitro groups is 1. The maximum absolute atomic E-state index is 11.2. The van der Waals surface area contributed by atoms with Crippen LogP contribution in [0.1, 0.15) is 20.8 Å². The van der Waals surface area contributed by atoms with Crippen LogP contribution in [0.5, 0.6) is 0 Å². The first-order valence-electron chi connectivity index (χ1n) is 6.24. The molecule has 0 spiro atoms. The lowest BCUT2D eigenvalue weighted by atomic mass is 10.1. The first-order chi connectivity index (χ1) is 10.1. The highest BCUT2D eigenvalue weighted by Gasteiger charge is 2.24. The second kappa shape index (κ2) is 5.13. The van der Waals surface area contributed by atoms with Crippen molar-refractivity contribution in [2.75, 3.05) is 11.4 Å². The molecule has 0 radical (unpaired) electrons. The SMILES string of the molecule is O=C(O)c1cc(N2CCc3sccc3C2)ncc1[N+](=O)[O-]. The molecule has 0 unspecified atom stereocenters. The monoisotopic (exact) mass is 305 g/mol. The minimum Gasteiger partial charge on any atom is -0.477 e. The van der Waals surface area contributed by atoms with E-state index in [4.69, 9.17) is 5.11 Å². The molecule has 1 N–H and O–H groups in total. The second-order valence-corrected chi connectivity index (χ2v) is 5.66. The lowest BCUT2D eigenvalue weighted by molar-refractivity contribution is -0.385. The third-order valence-corrected chi connectivity index (χ3v) is 4.45. The van der Waals surface area contributed by atoms with Crippen LogP contribution >= 0.6 is 11.3 Å². The van der Waals surface area contributed by atoms with E-state index in [1.165, 1.54) is 16.5 Å². The summed E-state index contributed by atoms with van der Waals surface area (Å²) in [6.45, 7) is 1.36. The van der Waals surface area contributed by atoms with Crippen LogP contribution in [-0.2, 0) is 13.0 Å². The molecule has 2 aromatic heterocycles. The van der Waals surface area contributed by atoms with Gasteiger partial charge in [-0.25, -0.2) is 9.78 Å². The lowest BCUT2D eigenvalue weighted by Gasteiger charge is -2.28. The number of carboxylic acid groups (broad SMARTS) is 1. The van der Waals surface area contributed by atoms with E-state index in [0.717, 1.165) is 19.2 Å². The largest absolute Gasteiger partial charge is 0.477 e. The van der Waals surface area contributed by atoms with Gasteiger partial charge < -0.3 is 10.0 Å². The van der Waals surface area contributed by atoms with E-state index in [-0.39, 0.29) is 5.56 Å². The van der Waals surface area contributed by atoms with Gasteiger partial charge in [-0.1, -0.05) is 0 Å². The van der Waals surface area contributed by atoms with Crippen LogP contribution < -0.4 is 4.90 Å². The van der Waals surface area contributed by atoms with Gasteiger partial charge in [0, 0.05) is 24.0 Å². The van der Waals surface area contributed by atoms with Crippen LogP contribution in [0.4, 0.5) is 11.5 Å². The highest BCUT2D eigenvalue weighted by Crippen LogP contribution is 2.29. The number of aromatic carboxylic acids is 1. The van der Waals surface area contributed by atoms with Gasteiger partial charge in [0.15, 0.2) is 0 Å². The highest BCUT2D eigenvalue weighted by atomic mass is 32.1. The Hall–Kier alpha value is -2.48. The van der Waals surface area contributed by atoms with Crippen molar-refractivity contribution in [3.8, 4) is 0 Å². The van der Waals surface area contributed by atoms with E-state index in [0.29, 0.717) is 12.4 Å². The molecule has 0 atom stereocenters. The van der Waals surface area contributed by atoms with Gasteiger partial charge in [-0.3, -0.25) is 10.1 Å². The number of anilines is 1. The Morgan fingerprint density at radius 1 is 1.52 bits per heavy atom. The summed E-state index contributed by atoms with van der Waals surface area (Å²) in [5.41, 5.74) is 0.379. The van der Waals surface area contributed by atoms with E-state index >= 15 is 0 Å². The summed E-state index contributed by atoms with van der Waals surface area (Å²) in [5, 5.41) is 22.0. The molecule has 0 bridgehead atoms. The predicted molar refractivity (Wildman–Crippen MR) is 76.9 cm³/mol. The van der Waals surface area contributed by atoms with Crippen molar-refractivity contribution in [3.63, 3.8) is 0 Å². The molecule has 0 saturated carbocycles. The molecule has 2 aromatic rings. The molecular weight excluding hydrogens is 294 g/mol. The van der Waals surface area contributed by atoms with Crippen molar-refractivity contribution in [2.24, 2.45) is 0 Å². The number of thiophene rings is 1. The third kappa shape index (κ3) is 2.45. The number of rotatable bonds is 3. The number of pyridine rings is 1. The Bertz CT molecular complexity index is 728. The van der Waals surface area contributed by atoms with Gasteiger partial charge in [-0.05, 0) is 23.4 Å². The minimum atomic E-state index is -1.32. The Labute approximate surface area is 123 Å². The van der Waals surface area contributed by atoms with Crippen LogP contribution in [0.15, 0.2) is 23.7 Å². The predicted octanol–water partition coefficient (Wildman–Crippen LogP) is 2.31. The van der Waals surface area contributed by atoms with Crippen molar-refractivity contribution in [1.82, 2.24) is 4.98 Å². The zero-order valence-electron chi connectivity index (χ0n) is 10.9. The van der Waals surface area contributed by atoms with Gasteiger partial charge >= 0.3 is 11.7 Å². The van der Waals surface area contributed by atoms with Crippen molar-refractivity contribution in [2.45, 2.75) is 13.0 Å². The number of hydrogen-bond acceptors (Lipinski definition) is 6. The quantitative estimate of drug-likeness (QED) is 0.690. The first-order valence-corrected chi connectivity index (χ1v) is 7.12. The summed E-state index contributed by atoms with van der Waals surface area (Å²) < 4.78 is 0. The summed E-state index contributed by atoms with van der Waals surface area (Å²) in [7, 11) is 0. The van der Waals surface area contributed by atoms with Crippen molar-refractivity contribution in [1.29, 1.82) is 0 Å². The molecule has 0 saturated heterocycles. The summed E-state index contributed by atoms with van der Waals surface area (Å²) in [6.07, 6.45) is 1.88. The molecule has 108 valence electrons. The van der Waals surface area contributed by atoms with Crippen molar-refractivity contribution in [3.05, 3.63) is 49.8 Å². The van der Waals surface area contributed by atoms with E-state index in [2.05, 4.69) is 4.98 Å². The van der Waals surface area contributed by atoms with E-state index in [1.54, 1.807) is 11.3 Å². The molecule has 8 heteroatoms. The van der Waals surface area contributed by atoms with E-state index in [9.17, 15) is 14.9 Å². The number of carboxylic acids is 1. The topological polar surface area (TPSA) is 96.6 Å². The lowest BCUT2D eigenvalue weighted by Crippen LogP contribution is -2.30. The summed E-state index contributed by atoms with van der Waals surface area (Å²) >= 11 is 1.71. The number of nitrogens with zero attached hydrogens (tertiary/aromatic N) is 3. The Kier molecular flexibility index (Phi) is 3.30. The molecule has 1 aliphatic rings. The zero-order valence-corrected chi connectivity index (χ0v) is 11.7. The smallest absolute Gasteiger partial charge is 0.342 e. The molecule has 3 heterocycles. The standard InChI is InChI=1S/C13H11N3O4S/c17-13(18)9-5-12(14-6-10(9)16(19)20)15-3-1-11-8(7-15)2-4-21-11/h2,4-6H,1,3,7H2,(H,17,18). The van der Waals surface area contributed by atoms with Gasteiger partial charge in [-0.2, -0.15) is 0 Å². The fourth-order valence-corrected chi connectivity index (χ4v) is 3.26. The fourth-order valence-electron chi connectivity index (χ4n) is 2.37. The van der Waals surface area contributed by atoms with Gasteiger partial charge in [0.25, 0.3) is 0 Å². The van der Waals surface area contributed by atoms with Gasteiger partial charge in [0.2, 0.25) is 0 Å². The Morgan fingerprint density at radius 3 is 3.05 bits per heavy atom. The zero-order chi connectivity index (χ0) is 15.0. The van der Waals surface area contributed by atoms with Gasteiger partial charge in [0.05, 0.1) is 4.92 Å². The van der Waals surface area contributed by atoms with Crippen LogP contribution in [0, 0.1) is 10.1 Å². The second-order valence-electron chi connectivity index (χ2n) is 4.66. The van der Waals surface area contributed by atoms with Crippen LogP contribution in [0.3, 0.4) is 0 Å². The van der Waals surface area contributed by atoms with E-state index in [1.807, 2.05) is 16.3 Å². The normalized spacial score (nSPS) is 13.8. The Morgan fingerprint density at radius 2 is 2.33 bits per heavy atom. The van der Waals surface area contributed by atoms with Gasteiger partial charge in [-0.15, -0.1) is 11.3 Å². The first kappa shape index (κ1) is 13.5. The maximum atomic E-state index is 11.2. The number of fused-ring (bicyclic) bond motifs is 1. The highest BCUT2D eigenvalue weighted by molar-refractivity contribution is 7.10. The minimum absolute atomic E-state index is 0.332. The van der Waals surface area contributed by atoms with Gasteiger partial charge in [0.1, 0.15) is 17.6 Å². The molecule has 0 fully saturated rings. The third-order valence-electron chi connectivity index (χ3n) is 3.43. The molecular formula is C13H11N3O4S. The average molecular weight is 305 g/mol. The molecule has 21 heavy (non-hydrogen) atoms. The molecule has 0 amide bonds. The Balaban J connectivity index is 1.95. The van der Waals surface area contributed by atoms with Crippen molar-refractivity contribution >= 4 is 28.8 Å². The average Bonchev–Trinajstić information content (AvgIpc) is 2.93. The van der Waals surface area contributed by atoms with E-state index < -0.39 is 16.6 Å². The molecule has 0 aromatic carbocycles. The molecule has 3 rings (SSSR count). The maximum Gasteiger partial charge on any atom is 0.342 e. The number of carbonyl (C=O) groups is 1. The molecule has 7 nitrogen and oxygen atoms in total. The number of hydrogen-bond donors (Lipinski definition) is 1. The summed E-state index contributed by atoms with van der Waals surface area (Å²) in [6, 6.07) is 3.31. The van der Waals surface area contributed by atoms with Crippen LogP contribution in [-0.4, -0.2) is 27.5 Å². The van der Waals surface area contributed by atoms with Crippen LogP contribution in [0.25, 0.3) is 0 Å².